The van der Waals surface area contributed by atoms with Crippen molar-refractivity contribution in [1.82, 2.24) is 0 Å². The SMILES string of the molecule is Cc1ccc(C)c(N2C(=O)CC(c3ccc(N(C)C)cc3)C3=C2CC(C)(C)CC3=O)c1. The smallest absolute Gasteiger partial charge is 0.232 e. The number of allylic oxidation sites excluding steroid dienone is 2. The van der Waals surface area contributed by atoms with Crippen molar-refractivity contribution in [2.45, 2.75) is 52.9 Å². The molecule has 1 aliphatic carbocycles. The molecule has 1 amide bonds. The summed E-state index contributed by atoms with van der Waals surface area (Å²) in [7, 11) is 4.02. The normalized spacial score (nSPS) is 20.7. The number of amides is 1. The maximum absolute atomic E-state index is 13.6. The summed E-state index contributed by atoms with van der Waals surface area (Å²) in [6.07, 6.45) is 1.56. The molecule has 0 radical (unpaired) electrons. The van der Waals surface area contributed by atoms with Crippen LogP contribution in [0.25, 0.3) is 0 Å². The number of carbonyl (C=O) groups is 2. The lowest BCUT2D eigenvalue weighted by Gasteiger charge is -2.43. The summed E-state index contributed by atoms with van der Waals surface area (Å²) >= 11 is 0. The van der Waals surface area contributed by atoms with Gasteiger partial charge in [0.05, 0.1) is 5.69 Å². The van der Waals surface area contributed by atoms with Crippen LogP contribution >= 0.6 is 0 Å². The number of hydrogen-bond donors (Lipinski definition) is 0. The molecular formula is C27H32N2O2. The molecule has 1 atom stereocenters. The van der Waals surface area contributed by atoms with E-state index in [1.165, 1.54) is 0 Å². The van der Waals surface area contributed by atoms with Crippen molar-refractivity contribution in [2.24, 2.45) is 5.41 Å². The van der Waals surface area contributed by atoms with Gasteiger partial charge in [0.1, 0.15) is 0 Å². The zero-order valence-electron chi connectivity index (χ0n) is 19.5. The maximum Gasteiger partial charge on any atom is 0.232 e. The molecule has 0 N–H and O–H groups in total. The zero-order valence-corrected chi connectivity index (χ0v) is 19.5. The molecule has 4 nitrogen and oxygen atoms in total. The number of rotatable bonds is 3. The molecule has 0 saturated heterocycles. The number of hydrogen-bond acceptors (Lipinski definition) is 3. The number of ketones is 1. The molecular weight excluding hydrogens is 384 g/mol. The van der Waals surface area contributed by atoms with E-state index in [0.29, 0.717) is 12.8 Å². The first-order valence-electron chi connectivity index (χ1n) is 11.0. The lowest BCUT2D eigenvalue weighted by atomic mass is 9.69. The van der Waals surface area contributed by atoms with Gasteiger partial charge in [0.15, 0.2) is 5.78 Å². The van der Waals surface area contributed by atoms with E-state index in [1.54, 1.807) is 0 Å². The Hall–Kier alpha value is -2.88. The zero-order chi connectivity index (χ0) is 22.5. The lowest BCUT2D eigenvalue weighted by Crippen LogP contribution is -2.44. The van der Waals surface area contributed by atoms with Gasteiger partial charge in [-0.1, -0.05) is 38.1 Å². The third-order valence-corrected chi connectivity index (χ3v) is 6.56. The van der Waals surface area contributed by atoms with Gasteiger partial charge in [-0.2, -0.15) is 0 Å². The quantitative estimate of drug-likeness (QED) is 0.660. The molecule has 2 aromatic carbocycles. The average molecular weight is 417 g/mol. The fourth-order valence-electron chi connectivity index (χ4n) is 4.94. The first-order chi connectivity index (χ1) is 14.6. The Balaban J connectivity index is 1.88. The predicted octanol–water partition coefficient (Wildman–Crippen LogP) is 5.53. The number of Topliss-reactive ketones (excluding diaryl/α,β-unsaturated/α-hetero) is 1. The van der Waals surface area contributed by atoms with E-state index >= 15 is 0 Å². The van der Waals surface area contributed by atoms with Crippen molar-refractivity contribution in [2.75, 3.05) is 23.9 Å². The number of anilines is 2. The van der Waals surface area contributed by atoms with Gasteiger partial charge in [0.25, 0.3) is 0 Å². The van der Waals surface area contributed by atoms with Crippen LogP contribution in [0, 0.1) is 19.3 Å². The van der Waals surface area contributed by atoms with Crippen LogP contribution in [-0.4, -0.2) is 25.8 Å². The van der Waals surface area contributed by atoms with E-state index in [1.807, 2.05) is 32.8 Å². The van der Waals surface area contributed by atoms with Gasteiger partial charge >= 0.3 is 0 Å². The standard InChI is InChI=1S/C27H32N2O2/c1-17-7-8-18(2)22(13-17)29-23-15-27(3,4)16-24(30)26(23)21(14-25(29)31)19-9-11-20(12-10-19)28(5)6/h7-13,21H,14-16H2,1-6H3. The van der Waals surface area contributed by atoms with Crippen molar-refractivity contribution in [1.29, 1.82) is 0 Å². The molecule has 0 saturated carbocycles. The van der Waals surface area contributed by atoms with Crippen LogP contribution in [0.3, 0.4) is 0 Å². The largest absolute Gasteiger partial charge is 0.378 e. The summed E-state index contributed by atoms with van der Waals surface area (Å²) in [4.78, 5) is 30.9. The van der Waals surface area contributed by atoms with Gasteiger partial charge < -0.3 is 4.90 Å². The van der Waals surface area contributed by atoms with Crippen molar-refractivity contribution < 1.29 is 9.59 Å². The van der Waals surface area contributed by atoms with E-state index in [-0.39, 0.29) is 23.0 Å². The first kappa shape index (κ1) is 21.4. The Kier molecular flexibility index (Phi) is 5.28. The van der Waals surface area contributed by atoms with Crippen LogP contribution in [0.2, 0.25) is 0 Å². The third-order valence-electron chi connectivity index (χ3n) is 6.56. The number of carbonyl (C=O) groups excluding carboxylic acids is 2. The highest BCUT2D eigenvalue weighted by molar-refractivity contribution is 6.08. The van der Waals surface area contributed by atoms with Crippen molar-refractivity contribution in [3.8, 4) is 0 Å². The van der Waals surface area contributed by atoms with Crippen molar-refractivity contribution in [3.05, 3.63) is 70.4 Å². The summed E-state index contributed by atoms with van der Waals surface area (Å²) in [6.45, 7) is 8.31. The molecule has 2 aromatic rings. The molecule has 162 valence electrons. The van der Waals surface area contributed by atoms with E-state index in [2.05, 4.69) is 61.2 Å². The lowest BCUT2D eigenvalue weighted by molar-refractivity contribution is -0.121. The molecule has 0 bridgehead atoms. The fraction of sp³-hybridized carbons (Fsp3) is 0.407. The highest BCUT2D eigenvalue weighted by Gasteiger charge is 2.44. The average Bonchev–Trinajstić information content (AvgIpc) is 2.68. The van der Waals surface area contributed by atoms with E-state index in [0.717, 1.165) is 45.8 Å². The Labute approximate surface area is 185 Å². The third kappa shape index (κ3) is 3.91. The van der Waals surface area contributed by atoms with Crippen LogP contribution < -0.4 is 9.80 Å². The number of aryl methyl sites for hydroxylation is 2. The molecule has 4 rings (SSSR count). The van der Waals surface area contributed by atoms with Gasteiger partial charge in [-0.3, -0.25) is 14.5 Å². The fourth-order valence-corrected chi connectivity index (χ4v) is 4.94. The maximum atomic E-state index is 13.6. The number of benzene rings is 2. The highest BCUT2D eigenvalue weighted by Crippen LogP contribution is 2.48. The van der Waals surface area contributed by atoms with Crippen molar-refractivity contribution >= 4 is 23.1 Å². The van der Waals surface area contributed by atoms with E-state index in [4.69, 9.17) is 0 Å². The predicted molar refractivity (Wildman–Crippen MR) is 127 cm³/mol. The molecule has 4 heteroatoms. The molecule has 0 spiro atoms. The first-order valence-corrected chi connectivity index (χ1v) is 11.0. The molecule has 0 fully saturated rings. The van der Waals surface area contributed by atoms with Gasteiger partial charge in [0, 0.05) is 49.8 Å². The van der Waals surface area contributed by atoms with Gasteiger partial charge in [0.2, 0.25) is 5.91 Å². The van der Waals surface area contributed by atoms with Crippen LogP contribution in [-0.2, 0) is 9.59 Å². The second kappa shape index (κ2) is 7.67. The summed E-state index contributed by atoms with van der Waals surface area (Å²) in [5.74, 6) is 0.0686. The Morgan fingerprint density at radius 1 is 0.968 bits per heavy atom. The molecule has 1 unspecified atom stereocenters. The minimum atomic E-state index is -0.177. The van der Waals surface area contributed by atoms with Crippen LogP contribution in [0.4, 0.5) is 11.4 Å². The number of nitrogens with zero attached hydrogens (tertiary/aromatic N) is 2. The molecule has 1 aliphatic heterocycles. The second-order valence-corrected chi connectivity index (χ2v) is 10.1. The van der Waals surface area contributed by atoms with Gasteiger partial charge in [-0.05, 0) is 60.6 Å². The summed E-state index contributed by atoms with van der Waals surface area (Å²) in [6, 6.07) is 14.4. The van der Waals surface area contributed by atoms with Crippen molar-refractivity contribution in [3.63, 3.8) is 0 Å². The topological polar surface area (TPSA) is 40.6 Å². The summed E-state index contributed by atoms with van der Waals surface area (Å²) < 4.78 is 0. The van der Waals surface area contributed by atoms with Crippen LogP contribution in [0.5, 0.6) is 0 Å². The van der Waals surface area contributed by atoms with E-state index < -0.39 is 0 Å². The van der Waals surface area contributed by atoms with Crippen LogP contribution in [0.1, 0.15) is 55.7 Å². The van der Waals surface area contributed by atoms with E-state index in [9.17, 15) is 9.59 Å². The minimum Gasteiger partial charge on any atom is -0.378 e. The highest BCUT2D eigenvalue weighted by atomic mass is 16.2. The summed E-state index contributed by atoms with van der Waals surface area (Å²) in [5, 5.41) is 0. The Morgan fingerprint density at radius 3 is 2.29 bits per heavy atom. The molecule has 1 heterocycles. The molecule has 31 heavy (non-hydrogen) atoms. The molecule has 0 aromatic heterocycles. The minimum absolute atomic E-state index is 0.0691. The Bertz CT molecular complexity index is 1080. The monoisotopic (exact) mass is 416 g/mol. The van der Waals surface area contributed by atoms with Gasteiger partial charge in [-0.25, -0.2) is 0 Å². The summed E-state index contributed by atoms with van der Waals surface area (Å²) in [5.41, 5.74) is 6.78. The van der Waals surface area contributed by atoms with Gasteiger partial charge in [-0.15, -0.1) is 0 Å². The van der Waals surface area contributed by atoms with Crippen LogP contribution in [0.15, 0.2) is 53.7 Å². The Morgan fingerprint density at radius 2 is 1.65 bits per heavy atom. The molecule has 2 aliphatic rings. The second-order valence-electron chi connectivity index (χ2n) is 10.1.